The Morgan fingerprint density at radius 3 is 2.80 bits per heavy atom. The third-order valence-electron chi connectivity index (χ3n) is 3.22. The van der Waals surface area contributed by atoms with E-state index in [0.717, 1.165) is 25.4 Å². The van der Waals surface area contributed by atoms with Crippen LogP contribution in [0, 0.1) is 17.4 Å². The summed E-state index contributed by atoms with van der Waals surface area (Å²) in [6.07, 6.45) is 3.82. The second-order valence-corrected chi connectivity index (χ2v) is 7.01. The average Bonchev–Trinajstić information content (AvgIpc) is 2.94. The molecule has 3 aromatic heterocycles. The van der Waals surface area contributed by atoms with E-state index in [1.54, 1.807) is 11.3 Å². The highest BCUT2D eigenvalue weighted by atomic mass is 127. The van der Waals surface area contributed by atoms with E-state index in [1.165, 1.54) is 10.4 Å². The molecule has 20 heavy (non-hydrogen) atoms. The molecule has 5 nitrogen and oxygen atoms in total. The molecule has 0 unspecified atom stereocenters. The van der Waals surface area contributed by atoms with Crippen molar-refractivity contribution in [2.24, 2.45) is 0 Å². The molecule has 1 N–H and O–H groups in total. The van der Waals surface area contributed by atoms with Crippen LogP contribution in [0.4, 0.5) is 5.82 Å². The number of hydrogen-bond acceptors (Lipinski definition) is 5. The third-order valence-corrected chi connectivity index (χ3v) is 4.88. The molecule has 0 radical (unpaired) electrons. The lowest BCUT2D eigenvalue weighted by molar-refractivity contribution is 0.658. The van der Waals surface area contributed by atoms with Crippen LogP contribution in [-0.4, -0.2) is 26.8 Å². The van der Waals surface area contributed by atoms with Gasteiger partial charge in [0.2, 0.25) is 0 Å². The maximum absolute atomic E-state index is 4.67. The fourth-order valence-electron chi connectivity index (χ4n) is 2.12. The molecule has 0 fully saturated rings. The minimum absolute atomic E-state index is 0.587. The Morgan fingerprint density at radius 2 is 2.15 bits per heavy atom. The fourth-order valence-corrected chi connectivity index (χ4v) is 3.61. The number of hydrogen-bond donors (Lipinski definition) is 1. The minimum atomic E-state index is 0.587. The Hall–Kier alpha value is -1.22. The lowest BCUT2D eigenvalue weighted by Gasteiger charge is -2.06. The van der Waals surface area contributed by atoms with Crippen LogP contribution in [0.15, 0.2) is 12.4 Å². The van der Waals surface area contributed by atoms with Gasteiger partial charge in [0.25, 0.3) is 0 Å². The van der Waals surface area contributed by atoms with Crippen LogP contribution in [0.1, 0.15) is 16.3 Å². The van der Waals surface area contributed by atoms with Crippen molar-refractivity contribution in [1.29, 1.82) is 0 Å². The van der Waals surface area contributed by atoms with Gasteiger partial charge in [-0.05, 0) is 42.0 Å². The van der Waals surface area contributed by atoms with Crippen LogP contribution in [0.5, 0.6) is 0 Å². The van der Waals surface area contributed by atoms with Gasteiger partial charge >= 0.3 is 0 Å². The summed E-state index contributed by atoms with van der Waals surface area (Å²) in [6, 6.07) is 0. The Kier molecular flexibility index (Phi) is 3.63. The molecule has 0 saturated heterocycles. The molecule has 0 spiro atoms. The molecule has 0 aliphatic carbocycles. The molecule has 0 atom stereocenters. The van der Waals surface area contributed by atoms with Crippen LogP contribution in [0.2, 0.25) is 0 Å². The van der Waals surface area contributed by atoms with Gasteiger partial charge in [0, 0.05) is 18.1 Å². The quantitative estimate of drug-likeness (QED) is 0.688. The van der Waals surface area contributed by atoms with Crippen molar-refractivity contribution < 1.29 is 0 Å². The van der Waals surface area contributed by atoms with Crippen molar-refractivity contribution in [1.82, 2.24) is 19.7 Å². The van der Waals surface area contributed by atoms with Crippen molar-refractivity contribution in [2.45, 2.75) is 20.4 Å². The number of rotatable bonds is 3. The van der Waals surface area contributed by atoms with E-state index in [2.05, 4.69) is 56.8 Å². The standard InChI is InChI=1S/C13H14IN5S/c1-7-8(2)20-13-11(7)12(15-3)17-10(18-13)6-19-5-9(14)4-16-19/h4-5H,6H2,1-3H3,(H,15,17,18). The van der Waals surface area contributed by atoms with Gasteiger partial charge in [-0.3, -0.25) is 4.68 Å². The molecule has 3 heterocycles. The van der Waals surface area contributed by atoms with Crippen LogP contribution in [-0.2, 0) is 6.54 Å². The van der Waals surface area contributed by atoms with Crippen LogP contribution >= 0.6 is 33.9 Å². The molecule has 0 saturated carbocycles. The molecule has 0 bridgehead atoms. The van der Waals surface area contributed by atoms with Gasteiger partial charge in [-0.2, -0.15) is 5.10 Å². The van der Waals surface area contributed by atoms with E-state index in [1.807, 2.05) is 24.1 Å². The van der Waals surface area contributed by atoms with Crippen molar-refractivity contribution in [3.05, 3.63) is 32.2 Å². The highest BCUT2D eigenvalue weighted by Crippen LogP contribution is 2.33. The zero-order chi connectivity index (χ0) is 14.3. The molecule has 104 valence electrons. The zero-order valence-corrected chi connectivity index (χ0v) is 14.4. The lowest BCUT2D eigenvalue weighted by atomic mass is 10.2. The van der Waals surface area contributed by atoms with E-state index in [9.17, 15) is 0 Å². The smallest absolute Gasteiger partial charge is 0.153 e. The highest BCUT2D eigenvalue weighted by Gasteiger charge is 2.14. The molecular formula is C13H14IN5S. The summed E-state index contributed by atoms with van der Waals surface area (Å²) in [4.78, 5) is 11.6. The van der Waals surface area contributed by atoms with E-state index >= 15 is 0 Å². The molecule has 0 aliphatic heterocycles. The second-order valence-electron chi connectivity index (χ2n) is 4.56. The number of fused-ring (bicyclic) bond motifs is 1. The van der Waals surface area contributed by atoms with Crippen molar-refractivity contribution in [3.8, 4) is 0 Å². The predicted octanol–water partition coefficient (Wildman–Crippen LogP) is 3.20. The molecule has 7 heteroatoms. The number of aryl methyl sites for hydroxylation is 2. The summed E-state index contributed by atoms with van der Waals surface area (Å²) in [5.74, 6) is 1.68. The molecule has 0 amide bonds. The summed E-state index contributed by atoms with van der Waals surface area (Å²) in [5.41, 5.74) is 1.26. The summed E-state index contributed by atoms with van der Waals surface area (Å²) in [5, 5.41) is 8.59. The fraction of sp³-hybridized carbons (Fsp3) is 0.308. The van der Waals surface area contributed by atoms with Gasteiger partial charge < -0.3 is 5.32 Å². The van der Waals surface area contributed by atoms with Gasteiger partial charge in [-0.15, -0.1) is 11.3 Å². The van der Waals surface area contributed by atoms with E-state index in [-0.39, 0.29) is 0 Å². The van der Waals surface area contributed by atoms with Crippen molar-refractivity contribution in [2.75, 3.05) is 12.4 Å². The van der Waals surface area contributed by atoms with E-state index in [0.29, 0.717) is 6.54 Å². The minimum Gasteiger partial charge on any atom is -0.372 e. The number of thiophene rings is 1. The van der Waals surface area contributed by atoms with Gasteiger partial charge in [0.15, 0.2) is 5.82 Å². The highest BCUT2D eigenvalue weighted by molar-refractivity contribution is 14.1. The number of halogens is 1. The zero-order valence-electron chi connectivity index (χ0n) is 11.4. The van der Waals surface area contributed by atoms with Gasteiger partial charge in [0.05, 0.1) is 15.2 Å². The summed E-state index contributed by atoms with van der Waals surface area (Å²) < 4.78 is 2.97. The number of anilines is 1. The maximum atomic E-state index is 4.67. The Balaban J connectivity index is 2.08. The van der Waals surface area contributed by atoms with Crippen LogP contribution < -0.4 is 5.32 Å². The molecule has 0 aliphatic rings. The first kappa shape index (κ1) is 13.7. The topological polar surface area (TPSA) is 55.6 Å². The SMILES string of the molecule is CNc1nc(Cn2cc(I)cn2)nc2sc(C)c(C)c12. The summed E-state index contributed by atoms with van der Waals surface area (Å²) in [7, 11) is 1.90. The average molecular weight is 399 g/mol. The molecule has 3 aromatic rings. The second kappa shape index (κ2) is 5.28. The lowest BCUT2D eigenvalue weighted by Crippen LogP contribution is -2.07. The van der Waals surface area contributed by atoms with Gasteiger partial charge in [-0.1, -0.05) is 0 Å². The summed E-state index contributed by atoms with van der Waals surface area (Å²) in [6.45, 7) is 4.83. The summed E-state index contributed by atoms with van der Waals surface area (Å²) >= 11 is 3.96. The largest absolute Gasteiger partial charge is 0.372 e. The van der Waals surface area contributed by atoms with Gasteiger partial charge in [0.1, 0.15) is 17.2 Å². The van der Waals surface area contributed by atoms with Gasteiger partial charge in [-0.25, -0.2) is 9.97 Å². The number of nitrogens with zero attached hydrogens (tertiary/aromatic N) is 4. The third kappa shape index (κ3) is 2.39. The monoisotopic (exact) mass is 399 g/mol. The molecule has 3 rings (SSSR count). The normalized spacial score (nSPS) is 11.2. The Labute approximate surface area is 134 Å². The number of nitrogens with one attached hydrogen (secondary N) is 1. The maximum Gasteiger partial charge on any atom is 0.153 e. The Morgan fingerprint density at radius 1 is 1.35 bits per heavy atom. The predicted molar refractivity (Wildman–Crippen MR) is 90.5 cm³/mol. The van der Waals surface area contributed by atoms with Crippen LogP contribution in [0.25, 0.3) is 10.2 Å². The molecular weight excluding hydrogens is 385 g/mol. The van der Waals surface area contributed by atoms with E-state index < -0.39 is 0 Å². The number of aromatic nitrogens is 4. The Bertz CT molecular complexity index is 777. The first-order valence-corrected chi connectivity index (χ1v) is 8.10. The van der Waals surface area contributed by atoms with Crippen LogP contribution in [0.3, 0.4) is 0 Å². The first-order chi connectivity index (χ1) is 9.58. The first-order valence-electron chi connectivity index (χ1n) is 6.21. The van der Waals surface area contributed by atoms with Crippen molar-refractivity contribution >= 4 is 50.0 Å². The van der Waals surface area contributed by atoms with E-state index in [4.69, 9.17) is 0 Å². The van der Waals surface area contributed by atoms with Crippen molar-refractivity contribution in [3.63, 3.8) is 0 Å². The molecule has 0 aromatic carbocycles.